The molecule has 1 aliphatic heterocycles. The average Bonchev–Trinajstić information content (AvgIpc) is 2.61. The van der Waals surface area contributed by atoms with E-state index in [1.54, 1.807) is 0 Å². The molecule has 1 saturated heterocycles. The molecule has 3 rings (SSSR count). The van der Waals surface area contributed by atoms with Gasteiger partial charge in [-0.15, -0.1) is 0 Å². The minimum absolute atomic E-state index is 0.988. The van der Waals surface area contributed by atoms with Gasteiger partial charge < -0.3 is 4.48 Å². The zero-order chi connectivity index (χ0) is 18.4. The number of nitrogens with zero attached hydrogens (tertiary/aromatic N) is 1. The fraction of sp³-hybridized carbons (Fsp3) is 0.680. The van der Waals surface area contributed by atoms with Crippen LogP contribution in [0.5, 0.6) is 0 Å². The summed E-state index contributed by atoms with van der Waals surface area (Å²) in [6, 6.07) is 0. The van der Waals surface area contributed by atoms with E-state index in [0.29, 0.717) is 0 Å². The third kappa shape index (κ3) is 5.71. The van der Waals surface area contributed by atoms with Crippen LogP contribution in [-0.2, 0) is 0 Å². The summed E-state index contributed by atoms with van der Waals surface area (Å²) in [6.07, 6.45) is 24.9. The molecule has 0 amide bonds. The molecule has 0 radical (unpaired) electrons. The summed E-state index contributed by atoms with van der Waals surface area (Å²) in [5.41, 5.74) is 2.80. The van der Waals surface area contributed by atoms with Crippen molar-refractivity contribution in [1.82, 2.24) is 0 Å². The maximum Gasteiger partial charge on any atom is 0.0787 e. The third-order valence-electron chi connectivity index (χ3n) is 7.31. The quantitative estimate of drug-likeness (QED) is 0.498. The van der Waals surface area contributed by atoms with Crippen LogP contribution in [0.2, 0.25) is 0 Å². The number of likely N-dealkylation sites (tertiary alicyclic amines) is 1. The highest BCUT2D eigenvalue weighted by Gasteiger charge is 2.34. The Kier molecular flexibility index (Phi) is 6.98. The van der Waals surface area contributed by atoms with E-state index < -0.39 is 0 Å². The SMILES string of the molecule is CC1=CC=CC(CCC[N+]2(C)CCC(C3CCC(C)CC3)CC2)=CC=C1. The Hall–Kier alpha value is -1.08. The van der Waals surface area contributed by atoms with Crippen molar-refractivity contribution in [2.75, 3.05) is 26.7 Å². The van der Waals surface area contributed by atoms with Gasteiger partial charge in [-0.05, 0) is 62.4 Å². The number of hydrogen-bond acceptors (Lipinski definition) is 0. The molecular weight excluding hydrogens is 314 g/mol. The van der Waals surface area contributed by atoms with Crippen LogP contribution in [0.25, 0.3) is 0 Å². The normalized spacial score (nSPS) is 35.4. The van der Waals surface area contributed by atoms with Crippen molar-refractivity contribution < 1.29 is 4.48 Å². The van der Waals surface area contributed by atoms with Gasteiger partial charge in [0.15, 0.2) is 0 Å². The Labute approximate surface area is 162 Å². The van der Waals surface area contributed by atoms with Crippen LogP contribution < -0.4 is 0 Å². The topological polar surface area (TPSA) is 0 Å². The van der Waals surface area contributed by atoms with Crippen molar-refractivity contribution >= 4 is 0 Å². The smallest absolute Gasteiger partial charge is 0.0787 e. The summed E-state index contributed by atoms with van der Waals surface area (Å²) in [6.45, 7) is 8.76. The van der Waals surface area contributed by atoms with E-state index in [1.165, 1.54) is 86.6 Å². The summed E-state index contributed by atoms with van der Waals surface area (Å²) in [7, 11) is 2.51. The highest BCUT2D eigenvalue weighted by Crippen LogP contribution is 2.38. The predicted molar refractivity (Wildman–Crippen MR) is 114 cm³/mol. The molecule has 1 saturated carbocycles. The molecule has 2 fully saturated rings. The predicted octanol–water partition coefficient (Wildman–Crippen LogP) is 6.45. The minimum atomic E-state index is 0.988. The lowest BCUT2D eigenvalue weighted by atomic mass is 9.73. The maximum absolute atomic E-state index is 2.51. The van der Waals surface area contributed by atoms with Gasteiger partial charge in [0.25, 0.3) is 0 Å². The number of allylic oxidation sites excluding steroid dienone is 8. The second-order valence-corrected chi connectivity index (χ2v) is 9.62. The molecule has 0 aromatic carbocycles. The second kappa shape index (κ2) is 9.22. The van der Waals surface area contributed by atoms with Crippen LogP contribution in [-0.4, -0.2) is 31.2 Å². The van der Waals surface area contributed by atoms with Crippen molar-refractivity contribution in [1.29, 1.82) is 0 Å². The van der Waals surface area contributed by atoms with E-state index in [4.69, 9.17) is 0 Å². The fourth-order valence-electron chi connectivity index (χ4n) is 5.25. The molecule has 0 spiro atoms. The highest BCUT2D eigenvalue weighted by molar-refractivity contribution is 5.34. The summed E-state index contributed by atoms with van der Waals surface area (Å²) in [4.78, 5) is 0. The molecule has 0 atom stereocenters. The van der Waals surface area contributed by atoms with Crippen LogP contribution in [0, 0.1) is 17.8 Å². The minimum Gasteiger partial charge on any atom is -0.326 e. The summed E-state index contributed by atoms with van der Waals surface area (Å²) < 4.78 is 1.31. The van der Waals surface area contributed by atoms with E-state index >= 15 is 0 Å². The van der Waals surface area contributed by atoms with Crippen LogP contribution in [0.3, 0.4) is 0 Å². The van der Waals surface area contributed by atoms with Gasteiger partial charge in [-0.25, -0.2) is 0 Å². The lowest BCUT2D eigenvalue weighted by Gasteiger charge is -2.44. The monoisotopic (exact) mass is 354 g/mol. The average molecular weight is 355 g/mol. The maximum atomic E-state index is 2.51. The first-order chi connectivity index (χ1) is 12.5. The molecule has 26 heavy (non-hydrogen) atoms. The number of rotatable bonds is 5. The summed E-state index contributed by atoms with van der Waals surface area (Å²) >= 11 is 0. The molecule has 2 aliphatic carbocycles. The highest BCUT2D eigenvalue weighted by atomic mass is 15.3. The van der Waals surface area contributed by atoms with Gasteiger partial charge in [0, 0.05) is 6.42 Å². The van der Waals surface area contributed by atoms with Gasteiger partial charge in [-0.1, -0.05) is 61.8 Å². The van der Waals surface area contributed by atoms with Crippen molar-refractivity contribution in [3.05, 3.63) is 47.6 Å². The number of quaternary nitrogens is 1. The molecule has 1 nitrogen and oxygen atoms in total. The first kappa shape index (κ1) is 19.7. The van der Waals surface area contributed by atoms with Gasteiger partial charge in [0.2, 0.25) is 0 Å². The fourth-order valence-corrected chi connectivity index (χ4v) is 5.25. The van der Waals surface area contributed by atoms with Crippen LogP contribution in [0.15, 0.2) is 47.6 Å². The molecule has 3 aliphatic rings. The Balaban J connectivity index is 1.40. The van der Waals surface area contributed by atoms with E-state index in [1.807, 2.05) is 0 Å². The molecule has 0 aromatic heterocycles. The Morgan fingerprint density at radius 2 is 1.54 bits per heavy atom. The molecule has 0 unspecified atom stereocenters. The van der Waals surface area contributed by atoms with Gasteiger partial charge in [-0.3, -0.25) is 0 Å². The van der Waals surface area contributed by atoms with E-state index in [-0.39, 0.29) is 0 Å². The van der Waals surface area contributed by atoms with Gasteiger partial charge in [0.05, 0.1) is 26.7 Å². The van der Waals surface area contributed by atoms with Crippen LogP contribution in [0.4, 0.5) is 0 Å². The summed E-state index contributed by atoms with van der Waals surface area (Å²) in [5, 5.41) is 0. The largest absolute Gasteiger partial charge is 0.326 e. The third-order valence-corrected chi connectivity index (χ3v) is 7.31. The Bertz CT molecular complexity index is 561. The first-order valence-electron chi connectivity index (χ1n) is 11.1. The van der Waals surface area contributed by atoms with E-state index in [9.17, 15) is 0 Å². The zero-order valence-corrected chi connectivity index (χ0v) is 17.4. The van der Waals surface area contributed by atoms with E-state index in [2.05, 4.69) is 57.4 Å². The Morgan fingerprint density at radius 1 is 0.885 bits per heavy atom. The Morgan fingerprint density at radius 3 is 2.27 bits per heavy atom. The van der Waals surface area contributed by atoms with Crippen molar-refractivity contribution in [2.45, 2.75) is 65.2 Å². The van der Waals surface area contributed by atoms with Crippen LogP contribution >= 0.6 is 0 Å². The van der Waals surface area contributed by atoms with Gasteiger partial charge >= 0.3 is 0 Å². The molecule has 0 bridgehead atoms. The zero-order valence-electron chi connectivity index (χ0n) is 17.4. The van der Waals surface area contributed by atoms with Gasteiger partial charge in [-0.2, -0.15) is 0 Å². The van der Waals surface area contributed by atoms with Crippen LogP contribution in [0.1, 0.15) is 65.2 Å². The lowest BCUT2D eigenvalue weighted by Crippen LogP contribution is -2.51. The molecule has 1 heterocycles. The lowest BCUT2D eigenvalue weighted by molar-refractivity contribution is -0.915. The number of hydrogen-bond donors (Lipinski definition) is 0. The second-order valence-electron chi connectivity index (χ2n) is 9.62. The first-order valence-corrected chi connectivity index (χ1v) is 11.1. The van der Waals surface area contributed by atoms with Gasteiger partial charge in [0.1, 0.15) is 0 Å². The van der Waals surface area contributed by atoms with Crippen molar-refractivity contribution in [3.63, 3.8) is 0 Å². The molecular formula is C25H40N+. The molecule has 144 valence electrons. The standard InChI is InChI=1S/C25H40N/c1-21-7-4-9-23(10-5-8-21)11-6-18-26(3)19-16-25(17-20-26)24-14-12-22(2)13-15-24/h4-5,7-10,22,24-25H,6,11-20H2,1-3H3/q+1. The molecule has 0 aromatic rings. The molecule has 1 heteroatoms. The van der Waals surface area contributed by atoms with Crippen molar-refractivity contribution in [3.8, 4) is 0 Å². The van der Waals surface area contributed by atoms with Crippen molar-refractivity contribution in [2.24, 2.45) is 17.8 Å². The van der Waals surface area contributed by atoms with E-state index in [0.717, 1.165) is 17.8 Å². The number of piperidine rings is 1. The molecule has 0 N–H and O–H groups in total. The summed E-state index contributed by atoms with van der Waals surface area (Å²) in [5.74, 6) is 3.07.